The average Bonchev–Trinajstić information content (AvgIpc) is 2.68. The van der Waals surface area contributed by atoms with E-state index < -0.39 is 0 Å². The van der Waals surface area contributed by atoms with E-state index in [9.17, 15) is 4.79 Å². The van der Waals surface area contributed by atoms with E-state index in [4.69, 9.17) is 0 Å². The number of nitrogens with zero attached hydrogens (tertiary/aromatic N) is 1. The van der Waals surface area contributed by atoms with Crippen molar-refractivity contribution in [3.8, 4) is 0 Å². The Labute approximate surface area is 91.4 Å². The van der Waals surface area contributed by atoms with Crippen molar-refractivity contribution in [2.24, 2.45) is 0 Å². The first-order valence-corrected chi connectivity index (χ1v) is 5.98. The van der Waals surface area contributed by atoms with Gasteiger partial charge in [0.15, 0.2) is 0 Å². The maximum Gasteiger partial charge on any atom is 0.315 e. The summed E-state index contributed by atoms with van der Waals surface area (Å²) in [5, 5.41) is 5.97. The molecular weight excluding hydrogens is 190 g/mol. The standard InChI is InChI=1S/C11H21N3O/c1-8(2)12-11(15)13-9-5-7-14-6-3-4-10(9)14/h8-10H,3-7H2,1-2H3,(H2,12,13,15). The number of hydrogen-bond acceptors (Lipinski definition) is 2. The van der Waals surface area contributed by atoms with E-state index in [2.05, 4.69) is 15.5 Å². The first kappa shape index (κ1) is 10.7. The number of carbonyl (C=O) groups excluding carboxylic acids is 1. The lowest BCUT2D eigenvalue weighted by Crippen LogP contribution is -2.48. The van der Waals surface area contributed by atoms with Crippen LogP contribution < -0.4 is 10.6 Å². The van der Waals surface area contributed by atoms with Gasteiger partial charge in [-0.3, -0.25) is 4.90 Å². The summed E-state index contributed by atoms with van der Waals surface area (Å²) in [7, 11) is 0. The molecule has 2 aliphatic heterocycles. The first-order chi connectivity index (χ1) is 7.16. The Morgan fingerprint density at radius 1 is 1.33 bits per heavy atom. The number of hydrogen-bond donors (Lipinski definition) is 2. The van der Waals surface area contributed by atoms with Crippen LogP contribution in [-0.2, 0) is 0 Å². The minimum atomic E-state index is -0.0104. The Morgan fingerprint density at radius 3 is 2.87 bits per heavy atom. The van der Waals surface area contributed by atoms with Crippen molar-refractivity contribution in [1.29, 1.82) is 0 Å². The van der Waals surface area contributed by atoms with E-state index in [1.165, 1.54) is 19.4 Å². The lowest BCUT2D eigenvalue weighted by Gasteiger charge is -2.22. The van der Waals surface area contributed by atoms with Gasteiger partial charge in [-0.25, -0.2) is 4.79 Å². The molecule has 0 aliphatic carbocycles. The molecule has 2 N–H and O–H groups in total. The smallest absolute Gasteiger partial charge is 0.315 e. The van der Waals surface area contributed by atoms with Gasteiger partial charge in [0.25, 0.3) is 0 Å². The summed E-state index contributed by atoms with van der Waals surface area (Å²) < 4.78 is 0. The molecule has 2 fully saturated rings. The fourth-order valence-corrected chi connectivity index (χ4v) is 2.72. The summed E-state index contributed by atoms with van der Waals surface area (Å²) in [5.74, 6) is 0. The minimum absolute atomic E-state index is 0.0104. The molecule has 4 nitrogen and oxygen atoms in total. The molecule has 0 aromatic heterocycles. The van der Waals surface area contributed by atoms with E-state index in [-0.39, 0.29) is 12.1 Å². The Bertz CT molecular complexity index is 242. The first-order valence-electron chi connectivity index (χ1n) is 5.98. The highest BCUT2D eigenvalue weighted by Crippen LogP contribution is 2.27. The third kappa shape index (κ3) is 2.43. The maximum atomic E-state index is 11.6. The molecule has 2 amide bonds. The highest BCUT2D eigenvalue weighted by Gasteiger charge is 2.37. The Morgan fingerprint density at radius 2 is 2.13 bits per heavy atom. The van der Waals surface area contributed by atoms with Crippen molar-refractivity contribution in [2.75, 3.05) is 13.1 Å². The quantitative estimate of drug-likeness (QED) is 0.713. The third-order valence-electron chi connectivity index (χ3n) is 3.34. The van der Waals surface area contributed by atoms with Crippen molar-refractivity contribution < 1.29 is 4.79 Å². The highest BCUT2D eigenvalue weighted by molar-refractivity contribution is 5.74. The molecule has 0 aromatic rings. The van der Waals surface area contributed by atoms with Crippen molar-refractivity contribution >= 4 is 6.03 Å². The van der Waals surface area contributed by atoms with E-state index in [1.807, 2.05) is 13.8 Å². The van der Waals surface area contributed by atoms with Gasteiger partial charge in [0, 0.05) is 24.7 Å². The molecule has 2 rings (SSSR count). The van der Waals surface area contributed by atoms with E-state index in [0.717, 1.165) is 13.0 Å². The van der Waals surface area contributed by atoms with E-state index in [1.54, 1.807) is 0 Å². The largest absolute Gasteiger partial charge is 0.336 e. The van der Waals surface area contributed by atoms with Crippen LogP contribution in [0.25, 0.3) is 0 Å². The summed E-state index contributed by atoms with van der Waals surface area (Å²) in [6.07, 6.45) is 3.64. The molecular formula is C11H21N3O. The van der Waals surface area contributed by atoms with Crippen LogP contribution in [0, 0.1) is 0 Å². The second kappa shape index (κ2) is 4.39. The zero-order valence-corrected chi connectivity index (χ0v) is 9.62. The van der Waals surface area contributed by atoms with Crippen LogP contribution in [0.15, 0.2) is 0 Å². The van der Waals surface area contributed by atoms with Gasteiger partial charge >= 0.3 is 6.03 Å². The lowest BCUT2D eigenvalue weighted by atomic mass is 10.1. The van der Waals surface area contributed by atoms with Crippen LogP contribution in [0.3, 0.4) is 0 Å². The van der Waals surface area contributed by atoms with E-state index >= 15 is 0 Å². The summed E-state index contributed by atoms with van der Waals surface area (Å²) >= 11 is 0. The second-order valence-corrected chi connectivity index (χ2v) is 4.91. The van der Waals surface area contributed by atoms with Crippen LogP contribution in [0.5, 0.6) is 0 Å². The number of fused-ring (bicyclic) bond motifs is 1. The summed E-state index contributed by atoms with van der Waals surface area (Å²) in [6.45, 7) is 6.33. The molecule has 0 radical (unpaired) electrons. The highest BCUT2D eigenvalue weighted by atomic mass is 16.2. The molecule has 2 saturated heterocycles. The molecule has 2 heterocycles. The minimum Gasteiger partial charge on any atom is -0.336 e. The summed E-state index contributed by atoms with van der Waals surface area (Å²) in [6, 6.07) is 1.17. The molecule has 2 unspecified atom stereocenters. The van der Waals surface area contributed by atoms with Crippen LogP contribution in [0.4, 0.5) is 4.79 Å². The van der Waals surface area contributed by atoms with Crippen molar-refractivity contribution in [1.82, 2.24) is 15.5 Å². The molecule has 0 saturated carbocycles. The van der Waals surface area contributed by atoms with Crippen molar-refractivity contribution in [3.05, 3.63) is 0 Å². The fourth-order valence-electron chi connectivity index (χ4n) is 2.72. The van der Waals surface area contributed by atoms with Gasteiger partial charge in [-0.1, -0.05) is 0 Å². The summed E-state index contributed by atoms with van der Waals surface area (Å²) in [5.41, 5.74) is 0. The van der Waals surface area contributed by atoms with Gasteiger partial charge in [0.2, 0.25) is 0 Å². The van der Waals surface area contributed by atoms with Crippen LogP contribution in [0.2, 0.25) is 0 Å². The molecule has 15 heavy (non-hydrogen) atoms. The number of nitrogens with one attached hydrogen (secondary N) is 2. The van der Waals surface area contributed by atoms with Gasteiger partial charge in [0.05, 0.1) is 0 Å². The van der Waals surface area contributed by atoms with E-state index in [0.29, 0.717) is 12.1 Å². The topological polar surface area (TPSA) is 44.4 Å². The zero-order valence-electron chi connectivity index (χ0n) is 9.62. The van der Waals surface area contributed by atoms with Gasteiger partial charge < -0.3 is 10.6 Å². The van der Waals surface area contributed by atoms with Crippen LogP contribution in [-0.4, -0.2) is 42.1 Å². The normalized spacial score (nSPS) is 30.6. The molecule has 2 atom stereocenters. The van der Waals surface area contributed by atoms with Crippen molar-refractivity contribution in [3.63, 3.8) is 0 Å². The second-order valence-electron chi connectivity index (χ2n) is 4.91. The van der Waals surface area contributed by atoms with Gasteiger partial charge in [0.1, 0.15) is 0 Å². The molecule has 0 aromatic carbocycles. The van der Waals surface area contributed by atoms with Crippen LogP contribution >= 0.6 is 0 Å². The van der Waals surface area contributed by atoms with Crippen molar-refractivity contribution in [2.45, 2.75) is 51.2 Å². The fraction of sp³-hybridized carbons (Fsp3) is 0.909. The van der Waals surface area contributed by atoms with Gasteiger partial charge in [-0.2, -0.15) is 0 Å². The van der Waals surface area contributed by atoms with Gasteiger partial charge in [-0.05, 0) is 39.7 Å². The number of amides is 2. The van der Waals surface area contributed by atoms with Crippen LogP contribution in [0.1, 0.15) is 33.1 Å². The maximum absolute atomic E-state index is 11.6. The average molecular weight is 211 g/mol. The third-order valence-corrected chi connectivity index (χ3v) is 3.34. The summed E-state index contributed by atoms with van der Waals surface area (Å²) in [4.78, 5) is 14.1. The number of carbonyl (C=O) groups is 1. The molecule has 2 aliphatic rings. The predicted octanol–water partition coefficient (Wildman–Crippen LogP) is 0.931. The SMILES string of the molecule is CC(C)NC(=O)NC1CCN2CCCC12. The Balaban J connectivity index is 1.82. The monoisotopic (exact) mass is 211 g/mol. The Hall–Kier alpha value is -0.770. The number of rotatable bonds is 2. The Kier molecular flexibility index (Phi) is 3.14. The molecule has 86 valence electrons. The molecule has 0 spiro atoms. The zero-order chi connectivity index (χ0) is 10.8. The van der Waals surface area contributed by atoms with Gasteiger partial charge in [-0.15, -0.1) is 0 Å². The molecule has 4 heteroatoms. The lowest BCUT2D eigenvalue weighted by molar-refractivity contribution is 0.229. The predicted molar refractivity (Wildman–Crippen MR) is 59.8 cm³/mol. The molecule has 0 bridgehead atoms. The number of urea groups is 1.